The van der Waals surface area contributed by atoms with E-state index in [-0.39, 0.29) is 30.2 Å². The van der Waals surface area contributed by atoms with Crippen LogP contribution in [0, 0.1) is 12.8 Å². The van der Waals surface area contributed by atoms with E-state index < -0.39 is 5.54 Å². The van der Waals surface area contributed by atoms with Crippen LogP contribution in [0.2, 0.25) is 0 Å². The molecule has 2 amide bonds. The first-order valence-electron chi connectivity index (χ1n) is 8.85. The molecule has 3 rings (SSSR count). The van der Waals surface area contributed by atoms with E-state index in [9.17, 15) is 9.59 Å². The van der Waals surface area contributed by atoms with E-state index in [0.29, 0.717) is 11.6 Å². The first-order chi connectivity index (χ1) is 12.3. The summed E-state index contributed by atoms with van der Waals surface area (Å²) in [6.07, 6.45) is 0.833. The van der Waals surface area contributed by atoms with Gasteiger partial charge in [0, 0.05) is 17.5 Å². The van der Waals surface area contributed by atoms with Crippen LogP contribution in [0.1, 0.15) is 44.4 Å². The number of hydrogen-bond donors (Lipinski definition) is 1. The van der Waals surface area contributed by atoms with Crippen LogP contribution in [0.25, 0.3) is 0 Å². The van der Waals surface area contributed by atoms with Gasteiger partial charge >= 0.3 is 0 Å². The van der Waals surface area contributed by atoms with Crippen LogP contribution in [0.5, 0.6) is 0 Å². The number of aryl methyl sites for hydroxylation is 1. The minimum atomic E-state index is -0.446. The molecule has 0 spiro atoms. The molecule has 26 heavy (non-hydrogen) atoms. The van der Waals surface area contributed by atoms with Crippen molar-refractivity contribution in [3.8, 4) is 0 Å². The van der Waals surface area contributed by atoms with Crippen molar-refractivity contribution in [3.05, 3.63) is 47.7 Å². The van der Waals surface area contributed by atoms with Gasteiger partial charge in [0.25, 0.3) is 0 Å². The molecule has 1 aliphatic carbocycles. The fourth-order valence-corrected chi connectivity index (χ4v) is 3.13. The summed E-state index contributed by atoms with van der Waals surface area (Å²) in [5, 5.41) is 6.44. The molecule has 138 valence electrons. The highest BCUT2D eigenvalue weighted by Crippen LogP contribution is 2.49. The number of rotatable bonds is 5. The fraction of sp³-hybridized carbons (Fsp3) is 0.450. The van der Waals surface area contributed by atoms with Crippen molar-refractivity contribution in [1.29, 1.82) is 0 Å². The number of carbonyl (C=O) groups is 2. The zero-order chi connectivity index (χ0) is 18.9. The second-order valence-corrected chi connectivity index (χ2v) is 7.83. The van der Waals surface area contributed by atoms with Gasteiger partial charge in [-0.1, -0.05) is 35.5 Å². The Morgan fingerprint density at radius 1 is 1.27 bits per heavy atom. The highest BCUT2D eigenvalue weighted by molar-refractivity contribution is 5.95. The highest BCUT2D eigenvalue weighted by Gasteiger charge is 2.47. The maximum Gasteiger partial charge on any atom is 0.245 e. The van der Waals surface area contributed by atoms with Crippen LogP contribution in [0.3, 0.4) is 0 Å². The van der Waals surface area contributed by atoms with Crippen molar-refractivity contribution < 1.29 is 14.1 Å². The molecule has 1 aromatic carbocycles. The van der Waals surface area contributed by atoms with Gasteiger partial charge in [0.2, 0.25) is 11.8 Å². The largest absolute Gasteiger partial charge is 0.360 e. The normalized spacial score (nSPS) is 19.1. The van der Waals surface area contributed by atoms with Gasteiger partial charge in [0.1, 0.15) is 12.3 Å². The van der Waals surface area contributed by atoms with Gasteiger partial charge in [-0.15, -0.1) is 0 Å². The van der Waals surface area contributed by atoms with Crippen molar-refractivity contribution in [2.24, 2.45) is 5.92 Å². The molecular weight excluding hydrogens is 330 g/mol. The summed E-state index contributed by atoms with van der Waals surface area (Å²) in [5.41, 5.74) is 0.736. The number of carbonyl (C=O) groups excluding carboxylic acids is 2. The van der Waals surface area contributed by atoms with E-state index >= 15 is 0 Å². The molecule has 2 atom stereocenters. The molecule has 1 heterocycles. The molecule has 2 aromatic rings. The first-order valence-corrected chi connectivity index (χ1v) is 8.85. The Morgan fingerprint density at radius 3 is 2.54 bits per heavy atom. The van der Waals surface area contributed by atoms with Gasteiger partial charge in [-0.2, -0.15) is 0 Å². The molecule has 1 N–H and O–H groups in total. The summed E-state index contributed by atoms with van der Waals surface area (Å²) >= 11 is 0. The van der Waals surface area contributed by atoms with Crippen LogP contribution in [0.15, 0.2) is 40.9 Å². The van der Waals surface area contributed by atoms with E-state index in [1.165, 1.54) is 5.56 Å². The number of nitrogens with one attached hydrogen (secondary N) is 1. The lowest BCUT2D eigenvalue weighted by Crippen LogP contribution is -2.50. The van der Waals surface area contributed by atoms with Gasteiger partial charge in [-0.25, -0.2) is 0 Å². The molecule has 0 aliphatic heterocycles. The molecular formula is C20H25N3O3. The second kappa shape index (κ2) is 6.94. The predicted molar refractivity (Wildman–Crippen MR) is 98.6 cm³/mol. The monoisotopic (exact) mass is 355 g/mol. The summed E-state index contributed by atoms with van der Waals surface area (Å²) < 4.78 is 4.95. The molecule has 6 heteroatoms. The Morgan fingerprint density at radius 2 is 1.96 bits per heavy atom. The lowest BCUT2D eigenvalue weighted by atomic mass is 10.0. The molecule has 0 saturated heterocycles. The Labute approximate surface area is 153 Å². The third-order valence-electron chi connectivity index (χ3n) is 4.61. The van der Waals surface area contributed by atoms with Gasteiger partial charge in [0.05, 0.1) is 0 Å². The minimum absolute atomic E-state index is 0.00769. The summed E-state index contributed by atoms with van der Waals surface area (Å²) in [6, 6.07) is 11.7. The first kappa shape index (κ1) is 18.2. The van der Waals surface area contributed by atoms with E-state index in [1.807, 2.05) is 39.0 Å². The predicted octanol–water partition coefficient (Wildman–Crippen LogP) is 3.35. The Kier molecular flexibility index (Phi) is 4.85. The average Bonchev–Trinajstić information content (AvgIpc) is 3.28. The zero-order valence-corrected chi connectivity index (χ0v) is 15.7. The third-order valence-corrected chi connectivity index (χ3v) is 4.61. The van der Waals surface area contributed by atoms with Gasteiger partial charge in [-0.3, -0.25) is 9.59 Å². The van der Waals surface area contributed by atoms with Crippen LogP contribution in [0.4, 0.5) is 5.82 Å². The number of amides is 2. The molecule has 0 bridgehead atoms. The highest BCUT2D eigenvalue weighted by atomic mass is 16.5. The van der Waals surface area contributed by atoms with Crippen molar-refractivity contribution in [1.82, 2.24) is 10.1 Å². The lowest BCUT2D eigenvalue weighted by Gasteiger charge is -2.35. The average molecular weight is 355 g/mol. The standard InChI is InChI=1S/C20H25N3O3/c1-13-10-17(22-26-13)21-18(24)12-23(20(2,3)4)19(25)16-11-15(16)14-8-6-5-7-9-14/h5-10,15-16H,11-12H2,1-4H3,(H,21,22,24)/t15-,16-/m0/s1. The topological polar surface area (TPSA) is 75.4 Å². The maximum atomic E-state index is 13.0. The van der Waals surface area contributed by atoms with Crippen molar-refractivity contribution in [3.63, 3.8) is 0 Å². The van der Waals surface area contributed by atoms with Crippen LogP contribution < -0.4 is 5.32 Å². The number of nitrogens with zero attached hydrogens (tertiary/aromatic N) is 2. The summed E-state index contributed by atoms with van der Waals surface area (Å²) in [5.74, 6) is 0.917. The number of hydrogen-bond acceptors (Lipinski definition) is 4. The molecule has 1 aromatic heterocycles. The SMILES string of the molecule is Cc1cc(NC(=O)CN(C(=O)[C@H]2C[C@H]2c2ccccc2)C(C)(C)C)no1. The summed E-state index contributed by atoms with van der Waals surface area (Å²) in [7, 11) is 0. The van der Waals surface area contributed by atoms with Gasteiger partial charge in [-0.05, 0) is 45.6 Å². The lowest BCUT2D eigenvalue weighted by molar-refractivity contribution is -0.140. The summed E-state index contributed by atoms with van der Waals surface area (Å²) in [4.78, 5) is 27.1. The van der Waals surface area contributed by atoms with E-state index in [0.717, 1.165) is 6.42 Å². The van der Waals surface area contributed by atoms with Crippen LogP contribution in [-0.4, -0.2) is 34.0 Å². The van der Waals surface area contributed by atoms with Crippen molar-refractivity contribution in [2.45, 2.75) is 45.6 Å². The molecule has 1 saturated carbocycles. The molecule has 1 aliphatic rings. The molecule has 6 nitrogen and oxygen atoms in total. The van der Waals surface area contributed by atoms with Gasteiger partial charge in [0.15, 0.2) is 5.82 Å². The Balaban J connectivity index is 1.66. The zero-order valence-electron chi connectivity index (χ0n) is 15.7. The number of anilines is 1. The maximum absolute atomic E-state index is 13.0. The summed E-state index contributed by atoms with van der Waals surface area (Å²) in [6.45, 7) is 7.58. The number of benzene rings is 1. The second-order valence-electron chi connectivity index (χ2n) is 7.83. The van der Waals surface area contributed by atoms with Crippen LogP contribution in [-0.2, 0) is 9.59 Å². The number of aromatic nitrogens is 1. The van der Waals surface area contributed by atoms with Gasteiger partial charge < -0.3 is 14.7 Å². The van der Waals surface area contributed by atoms with E-state index in [4.69, 9.17) is 4.52 Å². The van der Waals surface area contributed by atoms with Crippen molar-refractivity contribution in [2.75, 3.05) is 11.9 Å². The fourth-order valence-electron chi connectivity index (χ4n) is 3.13. The third kappa shape index (κ3) is 4.12. The van der Waals surface area contributed by atoms with E-state index in [1.54, 1.807) is 17.9 Å². The Hall–Kier alpha value is -2.63. The molecule has 0 unspecified atom stereocenters. The van der Waals surface area contributed by atoms with Crippen LogP contribution >= 0.6 is 0 Å². The molecule has 0 radical (unpaired) electrons. The van der Waals surface area contributed by atoms with Crippen molar-refractivity contribution >= 4 is 17.6 Å². The smallest absolute Gasteiger partial charge is 0.245 e. The quantitative estimate of drug-likeness (QED) is 0.892. The minimum Gasteiger partial charge on any atom is -0.360 e. The van der Waals surface area contributed by atoms with E-state index in [2.05, 4.69) is 22.6 Å². The molecule has 1 fully saturated rings. The Bertz CT molecular complexity index is 792.